The Bertz CT molecular complexity index is 378. The normalized spacial score (nSPS) is 18.8. The van der Waals surface area contributed by atoms with Crippen LogP contribution in [0.25, 0.3) is 0 Å². The van der Waals surface area contributed by atoms with Crippen molar-refractivity contribution in [3.05, 3.63) is 35.9 Å². The predicted molar refractivity (Wildman–Crippen MR) is 88.1 cm³/mol. The van der Waals surface area contributed by atoms with E-state index in [1.54, 1.807) is 5.56 Å². The molecule has 1 aromatic carbocycles. The first-order valence-corrected chi connectivity index (χ1v) is 8.48. The van der Waals surface area contributed by atoms with E-state index in [4.69, 9.17) is 0 Å². The largest absolute Gasteiger partial charge is 0.313 e. The molecule has 1 nitrogen and oxygen atoms in total. The molecule has 0 heterocycles. The molecule has 0 amide bonds. The average molecular weight is 273 g/mol. The molecule has 1 aliphatic carbocycles. The molecule has 20 heavy (non-hydrogen) atoms. The van der Waals surface area contributed by atoms with Gasteiger partial charge in [-0.2, -0.15) is 0 Å². The standard InChI is InChI=1S/C19H31N/c1-4-20-18(13-8-10-16(2)3)19(14-9-15-19)17-11-6-5-7-12-17/h5-7,11-12,16,18,20H,4,8-10,13-15H2,1-3H3. The van der Waals surface area contributed by atoms with Gasteiger partial charge in [0.25, 0.3) is 0 Å². The van der Waals surface area contributed by atoms with Gasteiger partial charge in [-0.15, -0.1) is 0 Å². The number of nitrogens with one attached hydrogen (secondary N) is 1. The summed E-state index contributed by atoms with van der Waals surface area (Å²) in [6, 6.07) is 11.9. The molecule has 1 heteroatoms. The number of likely N-dealkylation sites (N-methyl/N-ethyl adjacent to an activating group) is 1. The van der Waals surface area contributed by atoms with Gasteiger partial charge < -0.3 is 5.32 Å². The van der Waals surface area contributed by atoms with Gasteiger partial charge >= 0.3 is 0 Å². The minimum absolute atomic E-state index is 0.411. The molecule has 1 N–H and O–H groups in total. The van der Waals surface area contributed by atoms with E-state index >= 15 is 0 Å². The van der Waals surface area contributed by atoms with Crippen molar-refractivity contribution in [2.45, 2.75) is 70.8 Å². The lowest BCUT2D eigenvalue weighted by atomic mass is 9.59. The zero-order chi connectivity index (χ0) is 14.4. The Morgan fingerprint density at radius 1 is 1.10 bits per heavy atom. The second-order valence-electron chi connectivity index (χ2n) is 6.81. The van der Waals surface area contributed by atoms with E-state index in [0.29, 0.717) is 11.5 Å². The lowest BCUT2D eigenvalue weighted by Crippen LogP contribution is -2.52. The Kier molecular flexibility index (Phi) is 5.65. The van der Waals surface area contributed by atoms with E-state index < -0.39 is 0 Å². The third-order valence-corrected chi connectivity index (χ3v) is 4.99. The Hall–Kier alpha value is -0.820. The van der Waals surface area contributed by atoms with Crippen LogP contribution in [0.4, 0.5) is 0 Å². The fourth-order valence-corrected chi connectivity index (χ4v) is 3.72. The maximum Gasteiger partial charge on any atom is 0.0164 e. The van der Waals surface area contributed by atoms with Gasteiger partial charge in [-0.3, -0.25) is 0 Å². The molecule has 2 rings (SSSR count). The SMILES string of the molecule is CCNC(CCCC(C)C)C1(c2ccccc2)CCC1. The Morgan fingerprint density at radius 3 is 2.30 bits per heavy atom. The highest BCUT2D eigenvalue weighted by atomic mass is 14.9. The Morgan fingerprint density at radius 2 is 1.80 bits per heavy atom. The van der Waals surface area contributed by atoms with Gasteiger partial charge in [-0.05, 0) is 37.3 Å². The van der Waals surface area contributed by atoms with Crippen LogP contribution in [0.3, 0.4) is 0 Å². The molecular weight excluding hydrogens is 242 g/mol. The Balaban J connectivity index is 2.09. The van der Waals surface area contributed by atoms with E-state index in [1.165, 1.54) is 38.5 Å². The van der Waals surface area contributed by atoms with Gasteiger partial charge in [0.1, 0.15) is 0 Å². The van der Waals surface area contributed by atoms with Gasteiger partial charge in [0.05, 0.1) is 0 Å². The van der Waals surface area contributed by atoms with E-state index in [1.807, 2.05) is 0 Å². The molecule has 112 valence electrons. The molecule has 1 atom stereocenters. The van der Waals surface area contributed by atoms with Crippen LogP contribution in [-0.2, 0) is 5.41 Å². The van der Waals surface area contributed by atoms with Crippen LogP contribution in [-0.4, -0.2) is 12.6 Å². The van der Waals surface area contributed by atoms with E-state index in [-0.39, 0.29) is 0 Å². The molecule has 0 spiro atoms. The van der Waals surface area contributed by atoms with E-state index in [0.717, 1.165) is 12.5 Å². The summed E-state index contributed by atoms with van der Waals surface area (Å²) in [6.45, 7) is 7.99. The first-order valence-electron chi connectivity index (χ1n) is 8.48. The summed E-state index contributed by atoms with van der Waals surface area (Å²) in [5.74, 6) is 0.825. The lowest BCUT2D eigenvalue weighted by Gasteiger charge is -2.49. The molecule has 1 aliphatic rings. The molecule has 1 saturated carbocycles. The molecule has 1 unspecified atom stereocenters. The van der Waals surface area contributed by atoms with Crippen molar-refractivity contribution in [2.75, 3.05) is 6.54 Å². The summed E-state index contributed by atoms with van der Waals surface area (Å²) in [4.78, 5) is 0. The number of hydrogen-bond donors (Lipinski definition) is 1. The lowest BCUT2D eigenvalue weighted by molar-refractivity contribution is 0.159. The minimum Gasteiger partial charge on any atom is -0.313 e. The van der Waals surface area contributed by atoms with Crippen LogP contribution in [0, 0.1) is 5.92 Å². The number of rotatable bonds is 8. The molecular formula is C19H31N. The van der Waals surface area contributed by atoms with E-state index in [2.05, 4.69) is 56.4 Å². The summed E-state index contributed by atoms with van der Waals surface area (Å²) < 4.78 is 0. The second kappa shape index (κ2) is 7.26. The molecule has 0 aromatic heterocycles. The highest BCUT2D eigenvalue weighted by molar-refractivity contribution is 5.30. The molecule has 1 fully saturated rings. The zero-order valence-corrected chi connectivity index (χ0v) is 13.5. The Labute approximate surface area is 125 Å². The van der Waals surface area contributed by atoms with Crippen LogP contribution in [0.1, 0.15) is 64.9 Å². The van der Waals surface area contributed by atoms with Crippen LogP contribution in [0.5, 0.6) is 0 Å². The van der Waals surface area contributed by atoms with Gasteiger partial charge in [-0.25, -0.2) is 0 Å². The minimum atomic E-state index is 0.411. The monoisotopic (exact) mass is 273 g/mol. The van der Waals surface area contributed by atoms with Crippen LogP contribution in [0.2, 0.25) is 0 Å². The average Bonchev–Trinajstić information content (AvgIpc) is 2.38. The fourth-order valence-electron chi connectivity index (χ4n) is 3.72. The quantitative estimate of drug-likeness (QED) is 0.709. The van der Waals surface area contributed by atoms with Crippen molar-refractivity contribution in [1.82, 2.24) is 5.32 Å². The van der Waals surface area contributed by atoms with Crippen molar-refractivity contribution in [3.63, 3.8) is 0 Å². The molecule has 0 aliphatic heterocycles. The molecule has 0 radical (unpaired) electrons. The number of hydrogen-bond acceptors (Lipinski definition) is 1. The molecule has 0 saturated heterocycles. The third-order valence-electron chi connectivity index (χ3n) is 4.99. The summed E-state index contributed by atoms with van der Waals surface area (Å²) in [5.41, 5.74) is 1.97. The molecule has 1 aromatic rings. The van der Waals surface area contributed by atoms with Crippen LogP contribution < -0.4 is 5.32 Å². The van der Waals surface area contributed by atoms with Crippen LogP contribution in [0.15, 0.2) is 30.3 Å². The smallest absolute Gasteiger partial charge is 0.0164 e. The highest BCUT2D eigenvalue weighted by Gasteiger charge is 2.44. The van der Waals surface area contributed by atoms with Crippen molar-refractivity contribution in [3.8, 4) is 0 Å². The predicted octanol–water partition coefficient (Wildman–Crippen LogP) is 4.91. The van der Waals surface area contributed by atoms with Gasteiger partial charge in [-0.1, -0.05) is 70.4 Å². The maximum atomic E-state index is 3.80. The van der Waals surface area contributed by atoms with Crippen LogP contribution >= 0.6 is 0 Å². The molecule has 0 bridgehead atoms. The van der Waals surface area contributed by atoms with Gasteiger partial charge in [0.2, 0.25) is 0 Å². The summed E-state index contributed by atoms with van der Waals surface area (Å²) in [5, 5.41) is 3.80. The van der Waals surface area contributed by atoms with Gasteiger partial charge in [0.15, 0.2) is 0 Å². The maximum absolute atomic E-state index is 3.80. The first-order chi connectivity index (χ1) is 9.69. The fraction of sp³-hybridized carbons (Fsp3) is 0.684. The summed E-state index contributed by atoms with van der Waals surface area (Å²) in [6.07, 6.45) is 8.13. The number of benzene rings is 1. The van der Waals surface area contributed by atoms with Gasteiger partial charge in [0, 0.05) is 11.5 Å². The zero-order valence-electron chi connectivity index (χ0n) is 13.5. The topological polar surface area (TPSA) is 12.0 Å². The van der Waals surface area contributed by atoms with Crippen molar-refractivity contribution >= 4 is 0 Å². The van der Waals surface area contributed by atoms with E-state index in [9.17, 15) is 0 Å². The van der Waals surface area contributed by atoms with Crippen molar-refractivity contribution in [1.29, 1.82) is 0 Å². The first kappa shape index (κ1) is 15.6. The van der Waals surface area contributed by atoms with Crippen molar-refractivity contribution in [2.24, 2.45) is 5.92 Å². The third kappa shape index (κ3) is 3.44. The highest BCUT2D eigenvalue weighted by Crippen LogP contribution is 2.47. The summed E-state index contributed by atoms with van der Waals surface area (Å²) in [7, 11) is 0. The van der Waals surface area contributed by atoms with Crippen molar-refractivity contribution < 1.29 is 0 Å². The summed E-state index contributed by atoms with van der Waals surface area (Å²) >= 11 is 0. The second-order valence-corrected chi connectivity index (χ2v) is 6.81.